The van der Waals surface area contributed by atoms with Crippen molar-refractivity contribution in [3.05, 3.63) is 11.1 Å². The molecule has 2 unspecified atom stereocenters. The van der Waals surface area contributed by atoms with Crippen molar-refractivity contribution in [1.82, 2.24) is 10.2 Å². The molecule has 2 rings (SSSR count). The molecule has 2 aliphatic rings. The van der Waals surface area contributed by atoms with Crippen molar-refractivity contribution in [2.24, 2.45) is 0 Å². The van der Waals surface area contributed by atoms with Crippen LogP contribution in [0, 0.1) is 0 Å². The maximum atomic E-state index is 12.2. The van der Waals surface area contributed by atoms with Gasteiger partial charge < -0.3 is 19.7 Å². The highest BCUT2D eigenvalue weighted by Gasteiger charge is 2.36. The maximum absolute atomic E-state index is 12.2. The van der Waals surface area contributed by atoms with Crippen LogP contribution in [0.4, 0.5) is 0 Å². The van der Waals surface area contributed by atoms with Gasteiger partial charge in [0.25, 0.3) is 0 Å². The van der Waals surface area contributed by atoms with Gasteiger partial charge in [-0.2, -0.15) is 0 Å². The van der Waals surface area contributed by atoms with Gasteiger partial charge in [0.05, 0.1) is 0 Å². The summed E-state index contributed by atoms with van der Waals surface area (Å²) in [7, 11) is 3.32. The number of rotatable bonds is 3. The zero-order chi connectivity index (χ0) is 12.4. The van der Waals surface area contributed by atoms with Gasteiger partial charge in [0, 0.05) is 46.0 Å². The Balaban J connectivity index is 2.02. The van der Waals surface area contributed by atoms with Crippen LogP contribution in [-0.4, -0.2) is 63.4 Å². The molecule has 1 amide bonds. The minimum Gasteiger partial charge on any atom is -0.377 e. The van der Waals surface area contributed by atoms with Gasteiger partial charge in [0.15, 0.2) is 0 Å². The summed E-state index contributed by atoms with van der Waals surface area (Å²) in [6, 6.07) is 0. The zero-order valence-corrected chi connectivity index (χ0v) is 10.7. The lowest BCUT2D eigenvalue weighted by Gasteiger charge is -2.24. The van der Waals surface area contributed by atoms with Crippen molar-refractivity contribution in [1.29, 1.82) is 0 Å². The van der Waals surface area contributed by atoms with Crippen molar-refractivity contribution in [2.45, 2.75) is 19.1 Å². The number of hydrogen-bond donors (Lipinski definition) is 1. The van der Waals surface area contributed by atoms with Crippen molar-refractivity contribution >= 4 is 5.91 Å². The molecule has 2 fully saturated rings. The number of amides is 1. The molecule has 0 bridgehead atoms. The van der Waals surface area contributed by atoms with Gasteiger partial charge in [-0.15, -0.1) is 0 Å². The summed E-state index contributed by atoms with van der Waals surface area (Å²) in [6.45, 7) is 4.82. The highest BCUT2D eigenvalue weighted by molar-refractivity contribution is 5.94. The minimum absolute atomic E-state index is 0.0127. The van der Waals surface area contributed by atoms with Gasteiger partial charge in [0.2, 0.25) is 5.91 Å². The number of ether oxygens (including phenoxy) is 2. The van der Waals surface area contributed by atoms with Crippen LogP contribution in [0.2, 0.25) is 0 Å². The summed E-state index contributed by atoms with van der Waals surface area (Å²) >= 11 is 0. The van der Waals surface area contributed by atoms with E-state index in [-0.39, 0.29) is 18.1 Å². The Labute approximate surface area is 102 Å². The van der Waals surface area contributed by atoms with Crippen LogP contribution >= 0.6 is 0 Å². The van der Waals surface area contributed by atoms with Crippen LogP contribution in [0.5, 0.6) is 0 Å². The van der Waals surface area contributed by atoms with Gasteiger partial charge in [-0.05, 0) is 12.5 Å². The number of carbonyl (C=O) groups is 1. The van der Waals surface area contributed by atoms with Gasteiger partial charge in [-0.3, -0.25) is 4.79 Å². The molecule has 0 saturated carbocycles. The molecule has 2 saturated heterocycles. The monoisotopic (exact) mass is 240 g/mol. The molecule has 2 heterocycles. The molecule has 96 valence electrons. The molecule has 2 atom stereocenters. The Morgan fingerprint density at radius 3 is 2.12 bits per heavy atom. The number of nitrogens with zero attached hydrogens (tertiary/aromatic N) is 1. The summed E-state index contributed by atoms with van der Waals surface area (Å²) in [5.41, 5.74) is 2.08. The number of likely N-dealkylation sites (tertiary alicyclic amines) is 1. The Bertz CT molecular complexity index is 323. The molecule has 0 radical (unpaired) electrons. The lowest BCUT2D eigenvalue weighted by molar-refractivity contribution is -0.126. The molecule has 0 aliphatic carbocycles. The van der Waals surface area contributed by atoms with Gasteiger partial charge in [0.1, 0.15) is 12.2 Å². The second kappa shape index (κ2) is 5.16. The van der Waals surface area contributed by atoms with Crippen LogP contribution in [0.1, 0.15) is 6.92 Å². The van der Waals surface area contributed by atoms with E-state index in [0.29, 0.717) is 13.1 Å². The highest BCUT2D eigenvalue weighted by Crippen LogP contribution is 2.19. The van der Waals surface area contributed by atoms with Crippen molar-refractivity contribution in [2.75, 3.05) is 40.4 Å². The van der Waals surface area contributed by atoms with E-state index in [0.717, 1.165) is 18.7 Å². The Morgan fingerprint density at radius 1 is 1.24 bits per heavy atom. The summed E-state index contributed by atoms with van der Waals surface area (Å²) < 4.78 is 10.7. The molecule has 5 heteroatoms. The summed E-state index contributed by atoms with van der Waals surface area (Å²) in [6.07, 6.45) is -0.0254. The Kier molecular flexibility index (Phi) is 3.81. The third kappa shape index (κ3) is 2.36. The summed E-state index contributed by atoms with van der Waals surface area (Å²) in [5.74, 6) is 0.114. The minimum atomic E-state index is -0.0127. The molecular weight excluding hydrogens is 220 g/mol. The molecule has 0 aromatic carbocycles. The first-order chi connectivity index (χ1) is 8.17. The Morgan fingerprint density at radius 2 is 1.76 bits per heavy atom. The van der Waals surface area contributed by atoms with Crippen molar-refractivity contribution in [3.8, 4) is 0 Å². The van der Waals surface area contributed by atoms with Crippen LogP contribution in [-0.2, 0) is 14.3 Å². The van der Waals surface area contributed by atoms with E-state index in [9.17, 15) is 4.79 Å². The molecule has 2 aliphatic heterocycles. The first-order valence-electron chi connectivity index (χ1n) is 5.91. The second-order valence-electron chi connectivity index (χ2n) is 4.59. The highest BCUT2D eigenvalue weighted by atomic mass is 16.5. The predicted molar refractivity (Wildman–Crippen MR) is 63.7 cm³/mol. The average molecular weight is 240 g/mol. The zero-order valence-electron chi connectivity index (χ0n) is 10.7. The van der Waals surface area contributed by atoms with Gasteiger partial charge in [-0.1, -0.05) is 0 Å². The number of methoxy groups -OCH3 is 2. The maximum Gasteiger partial charge on any atom is 0.249 e. The van der Waals surface area contributed by atoms with Crippen LogP contribution in [0.3, 0.4) is 0 Å². The van der Waals surface area contributed by atoms with Crippen LogP contribution in [0.15, 0.2) is 11.1 Å². The topological polar surface area (TPSA) is 50.8 Å². The molecular formula is C12H20N2O3. The van der Waals surface area contributed by atoms with E-state index in [1.165, 1.54) is 5.57 Å². The fraction of sp³-hybridized carbons (Fsp3) is 0.750. The summed E-state index contributed by atoms with van der Waals surface area (Å²) in [5, 5.41) is 3.15. The molecule has 0 aromatic rings. The number of nitrogens with one attached hydrogen (secondary N) is 1. The second-order valence-corrected chi connectivity index (χ2v) is 4.59. The van der Waals surface area contributed by atoms with Gasteiger partial charge >= 0.3 is 0 Å². The molecule has 1 N–H and O–H groups in total. The fourth-order valence-electron chi connectivity index (χ4n) is 2.27. The standard InChI is InChI=1S/C12H20N2O3/c1-8(9-4-13-5-9)12(15)14-6-10(16-2)11(7-14)17-3/h10-11,13H,4-7H2,1-3H3. The number of carbonyl (C=O) groups excluding carboxylic acids is 1. The predicted octanol–water partition coefficient (Wildman–Crippen LogP) is -0.222. The molecule has 17 heavy (non-hydrogen) atoms. The van der Waals surface area contributed by atoms with Gasteiger partial charge in [-0.25, -0.2) is 0 Å². The van der Waals surface area contributed by atoms with E-state index in [1.54, 1.807) is 14.2 Å². The largest absolute Gasteiger partial charge is 0.377 e. The SMILES string of the molecule is COC1CN(C(=O)C(C)=C2CNC2)CC1OC. The van der Waals surface area contributed by atoms with Crippen molar-refractivity contribution < 1.29 is 14.3 Å². The quantitative estimate of drug-likeness (QED) is 0.693. The fourth-order valence-corrected chi connectivity index (χ4v) is 2.27. The van der Waals surface area contributed by atoms with E-state index >= 15 is 0 Å². The third-order valence-corrected chi connectivity index (χ3v) is 3.64. The van der Waals surface area contributed by atoms with E-state index in [2.05, 4.69) is 5.32 Å². The smallest absolute Gasteiger partial charge is 0.249 e. The van der Waals surface area contributed by atoms with Crippen molar-refractivity contribution in [3.63, 3.8) is 0 Å². The average Bonchev–Trinajstić information content (AvgIpc) is 2.68. The van der Waals surface area contributed by atoms with E-state index in [4.69, 9.17) is 9.47 Å². The number of hydrogen-bond acceptors (Lipinski definition) is 4. The third-order valence-electron chi connectivity index (χ3n) is 3.64. The molecule has 5 nitrogen and oxygen atoms in total. The first-order valence-corrected chi connectivity index (χ1v) is 5.91. The van der Waals surface area contributed by atoms with E-state index < -0.39 is 0 Å². The van der Waals surface area contributed by atoms with E-state index in [1.807, 2.05) is 11.8 Å². The Hall–Kier alpha value is -0.910. The molecule has 0 aromatic heterocycles. The normalized spacial score (nSPS) is 28.2. The lowest BCUT2D eigenvalue weighted by Crippen LogP contribution is -2.39. The first kappa shape index (κ1) is 12.5. The summed E-state index contributed by atoms with van der Waals surface area (Å²) in [4.78, 5) is 14.1. The van der Waals surface area contributed by atoms with Crippen LogP contribution in [0.25, 0.3) is 0 Å². The molecule has 0 spiro atoms. The van der Waals surface area contributed by atoms with Crippen LogP contribution < -0.4 is 5.32 Å². The lowest BCUT2D eigenvalue weighted by atomic mass is 10.0.